The van der Waals surface area contributed by atoms with Gasteiger partial charge in [0.25, 0.3) is 0 Å². The van der Waals surface area contributed by atoms with Crippen LogP contribution in [-0.2, 0) is 0 Å². The average Bonchev–Trinajstić information content (AvgIpc) is 2.51. The maximum absolute atomic E-state index is 5.88. The molecule has 1 atom stereocenters. The van der Waals surface area contributed by atoms with E-state index < -0.39 is 0 Å². The Labute approximate surface area is 128 Å². The average molecular weight is 283 g/mol. The van der Waals surface area contributed by atoms with Crippen molar-refractivity contribution < 1.29 is 4.74 Å². The molecule has 2 aromatic carbocycles. The molecule has 112 valence electrons. The monoisotopic (exact) mass is 283 g/mol. The van der Waals surface area contributed by atoms with Gasteiger partial charge in [0.2, 0.25) is 0 Å². The first-order chi connectivity index (χ1) is 10.3. The third-order valence-corrected chi connectivity index (χ3v) is 3.51. The molecule has 0 bridgehead atoms. The van der Waals surface area contributed by atoms with Crippen LogP contribution in [0.4, 0.5) is 0 Å². The number of nitrogens with one attached hydrogen (secondary N) is 1. The topological polar surface area (TPSA) is 21.3 Å². The van der Waals surface area contributed by atoms with Crippen molar-refractivity contribution in [2.75, 3.05) is 13.2 Å². The van der Waals surface area contributed by atoms with E-state index in [2.05, 4.69) is 61.6 Å². The highest BCUT2D eigenvalue weighted by atomic mass is 16.5. The van der Waals surface area contributed by atoms with Crippen molar-refractivity contribution in [3.05, 3.63) is 65.7 Å². The fraction of sp³-hybridized carbons (Fsp3) is 0.368. The Balaban J connectivity index is 1.90. The molecule has 0 radical (unpaired) electrons. The van der Waals surface area contributed by atoms with Crippen LogP contribution in [-0.4, -0.2) is 13.2 Å². The molecule has 2 nitrogen and oxygen atoms in total. The van der Waals surface area contributed by atoms with Crippen LogP contribution in [0.1, 0.15) is 36.9 Å². The van der Waals surface area contributed by atoms with Crippen LogP contribution in [0.3, 0.4) is 0 Å². The minimum Gasteiger partial charge on any atom is -0.494 e. The zero-order valence-corrected chi connectivity index (χ0v) is 13.0. The lowest BCUT2D eigenvalue weighted by molar-refractivity contribution is 0.286. The summed E-state index contributed by atoms with van der Waals surface area (Å²) in [6.45, 7) is 6.03. The van der Waals surface area contributed by atoms with Crippen LogP contribution < -0.4 is 10.1 Å². The van der Waals surface area contributed by atoms with Crippen molar-refractivity contribution >= 4 is 0 Å². The van der Waals surface area contributed by atoms with Crippen LogP contribution in [0, 0.1) is 6.92 Å². The summed E-state index contributed by atoms with van der Waals surface area (Å²) in [6, 6.07) is 19.2. The van der Waals surface area contributed by atoms with Gasteiger partial charge in [0.05, 0.1) is 6.61 Å². The van der Waals surface area contributed by atoms with Crippen LogP contribution in [0.2, 0.25) is 0 Å². The number of benzene rings is 2. The van der Waals surface area contributed by atoms with Gasteiger partial charge in [-0.2, -0.15) is 0 Å². The normalized spacial score (nSPS) is 12.1. The van der Waals surface area contributed by atoms with Crippen molar-refractivity contribution in [3.63, 3.8) is 0 Å². The van der Waals surface area contributed by atoms with Gasteiger partial charge in [-0.15, -0.1) is 0 Å². The Morgan fingerprint density at radius 1 is 1.05 bits per heavy atom. The Hall–Kier alpha value is -1.80. The molecule has 1 N–H and O–H groups in total. The molecule has 0 amide bonds. The molecule has 0 saturated carbocycles. The second-order valence-electron chi connectivity index (χ2n) is 5.37. The Morgan fingerprint density at radius 3 is 2.57 bits per heavy atom. The van der Waals surface area contributed by atoms with E-state index in [1.54, 1.807) is 0 Å². The SMILES string of the molecule is CCCNC(CCOc1cccc(C)c1)c1ccccc1. The predicted molar refractivity (Wildman–Crippen MR) is 88.8 cm³/mol. The minimum atomic E-state index is 0.357. The van der Waals surface area contributed by atoms with Crippen molar-refractivity contribution in [2.24, 2.45) is 0 Å². The lowest BCUT2D eigenvalue weighted by Gasteiger charge is -2.19. The molecule has 0 aliphatic heterocycles. The molecule has 1 unspecified atom stereocenters. The largest absolute Gasteiger partial charge is 0.494 e. The maximum Gasteiger partial charge on any atom is 0.119 e. The summed E-state index contributed by atoms with van der Waals surface area (Å²) in [4.78, 5) is 0. The van der Waals surface area contributed by atoms with Crippen molar-refractivity contribution in [2.45, 2.75) is 32.7 Å². The highest BCUT2D eigenvalue weighted by Gasteiger charge is 2.10. The second-order valence-corrected chi connectivity index (χ2v) is 5.37. The molecule has 0 fully saturated rings. The first-order valence-corrected chi connectivity index (χ1v) is 7.77. The molecule has 0 aliphatic carbocycles. The zero-order valence-electron chi connectivity index (χ0n) is 13.0. The van der Waals surface area contributed by atoms with Gasteiger partial charge in [0.15, 0.2) is 0 Å². The summed E-state index contributed by atoms with van der Waals surface area (Å²) in [6.07, 6.45) is 2.11. The first kappa shape index (κ1) is 15.6. The molecule has 0 spiro atoms. The standard InChI is InChI=1S/C19H25NO/c1-3-13-20-19(17-9-5-4-6-10-17)12-14-21-18-11-7-8-16(2)15-18/h4-11,15,19-20H,3,12-14H2,1-2H3. The number of rotatable bonds is 8. The molecule has 2 rings (SSSR count). The van der Waals surface area contributed by atoms with E-state index in [-0.39, 0.29) is 0 Å². The van der Waals surface area contributed by atoms with Crippen LogP contribution in [0.25, 0.3) is 0 Å². The van der Waals surface area contributed by atoms with Gasteiger partial charge in [-0.25, -0.2) is 0 Å². The van der Waals surface area contributed by atoms with E-state index in [1.807, 2.05) is 12.1 Å². The van der Waals surface area contributed by atoms with Gasteiger partial charge in [0.1, 0.15) is 5.75 Å². The summed E-state index contributed by atoms with van der Waals surface area (Å²) in [5, 5.41) is 3.60. The Kier molecular flexibility index (Phi) is 6.29. The fourth-order valence-corrected chi connectivity index (χ4v) is 2.39. The summed E-state index contributed by atoms with van der Waals surface area (Å²) in [5.74, 6) is 0.956. The highest BCUT2D eigenvalue weighted by Crippen LogP contribution is 2.18. The molecule has 0 saturated heterocycles. The van der Waals surface area contributed by atoms with Gasteiger partial charge in [-0.3, -0.25) is 0 Å². The van der Waals surface area contributed by atoms with Gasteiger partial charge in [-0.1, -0.05) is 49.4 Å². The van der Waals surface area contributed by atoms with E-state index >= 15 is 0 Å². The third kappa shape index (κ3) is 5.24. The van der Waals surface area contributed by atoms with E-state index in [0.29, 0.717) is 6.04 Å². The molecular formula is C19H25NO. The molecule has 0 aromatic heterocycles. The molecular weight excluding hydrogens is 258 g/mol. The lowest BCUT2D eigenvalue weighted by atomic mass is 10.0. The number of aryl methyl sites for hydroxylation is 1. The fourth-order valence-electron chi connectivity index (χ4n) is 2.39. The molecule has 2 heteroatoms. The van der Waals surface area contributed by atoms with Crippen molar-refractivity contribution in [1.29, 1.82) is 0 Å². The van der Waals surface area contributed by atoms with Gasteiger partial charge >= 0.3 is 0 Å². The summed E-state index contributed by atoms with van der Waals surface area (Å²) >= 11 is 0. The molecule has 21 heavy (non-hydrogen) atoms. The molecule has 2 aromatic rings. The van der Waals surface area contributed by atoms with Crippen LogP contribution >= 0.6 is 0 Å². The van der Waals surface area contributed by atoms with E-state index in [9.17, 15) is 0 Å². The smallest absolute Gasteiger partial charge is 0.119 e. The quantitative estimate of drug-likeness (QED) is 0.770. The highest BCUT2D eigenvalue weighted by molar-refractivity contribution is 5.27. The zero-order chi connectivity index (χ0) is 14.9. The summed E-state index contributed by atoms with van der Waals surface area (Å²) < 4.78 is 5.88. The molecule has 0 heterocycles. The van der Waals surface area contributed by atoms with Crippen LogP contribution in [0.5, 0.6) is 5.75 Å². The van der Waals surface area contributed by atoms with E-state index in [0.717, 1.165) is 31.7 Å². The number of hydrogen-bond donors (Lipinski definition) is 1. The second kappa shape index (κ2) is 8.48. The van der Waals surface area contributed by atoms with Gasteiger partial charge in [0, 0.05) is 12.5 Å². The van der Waals surface area contributed by atoms with Crippen molar-refractivity contribution in [1.82, 2.24) is 5.32 Å². The van der Waals surface area contributed by atoms with E-state index in [4.69, 9.17) is 4.74 Å². The maximum atomic E-state index is 5.88. The Bertz CT molecular complexity index is 524. The first-order valence-electron chi connectivity index (χ1n) is 7.77. The van der Waals surface area contributed by atoms with Gasteiger partial charge < -0.3 is 10.1 Å². The van der Waals surface area contributed by atoms with Crippen molar-refractivity contribution in [3.8, 4) is 5.75 Å². The Morgan fingerprint density at radius 2 is 1.86 bits per heavy atom. The minimum absolute atomic E-state index is 0.357. The summed E-state index contributed by atoms with van der Waals surface area (Å²) in [7, 11) is 0. The van der Waals surface area contributed by atoms with E-state index in [1.165, 1.54) is 11.1 Å². The molecule has 0 aliphatic rings. The summed E-state index contributed by atoms with van der Waals surface area (Å²) in [5.41, 5.74) is 2.56. The number of hydrogen-bond acceptors (Lipinski definition) is 2. The third-order valence-electron chi connectivity index (χ3n) is 3.51. The lowest BCUT2D eigenvalue weighted by Crippen LogP contribution is -2.24. The van der Waals surface area contributed by atoms with Gasteiger partial charge in [-0.05, 0) is 43.1 Å². The van der Waals surface area contributed by atoms with Crippen LogP contribution in [0.15, 0.2) is 54.6 Å². The predicted octanol–water partition coefficient (Wildman–Crippen LogP) is 4.50. The number of ether oxygens (including phenoxy) is 1.